The van der Waals surface area contributed by atoms with Crippen molar-refractivity contribution < 1.29 is 4.79 Å². The molecule has 22 heavy (non-hydrogen) atoms. The largest absolute Gasteiger partial charge is 0.313 e. The van der Waals surface area contributed by atoms with Crippen LogP contribution in [0.25, 0.3) is 16.3 Å². The van der Waals surface area contributed by atoms with Crippen molar-refractivity contribution in [1.82, 2.24) is 9.97 Å². The standard InChI is InChI=1S/C17H14N2O2S/c1-10-3-4-12(9-18-10)5-6-14(20)15-11(2)13-7-8-22-17(13)19-16(15)21/h3-9H,1-2H3,(H,19,21)/b6-5+. The van der Waals surface area contributed by atoms with Crippen LogP contribution in [0.4, 0.5) is 0 Å². The summed E-state index contributed by atoms with van der Waals surface area (Å²) in [6.07, 6.45) is 4.78. The molecule has 0 unspecified atom stereocenters. The van der Waals surface area contributed by atoms with E-state index in [9.17, 15) is 9.59 Å². The Bertz CT molecular complexity index is 933. The number of H-pyrrole nitrogens is 1. The molecular weight excluding hydrogens is 296 g/mol. The summed E-state index contributed by atoms with van der Waals surface area (Å²) in [5.74, 6) is -0.299. The molecule has 0 aromatic carbocycles. The van der Waals surface area contributed by atoms with Crippen LogP contribution in [0.1, 0.15) is 27.2 Å². The lowest BCUT2D eigenvalue weighted by Crippen LogP contribution is -2.18. The Kier molecular flexibility index (Phi) is 3.73. The zero-order valence-corrected chi connectivity index (χ0v) is 13.0. The third kappa shape index (κ3) is 2.63. The van der Waals surface area contributed by atoms with Crippen LogP contribution >= 0.6 is 11.3 Å². The third-order valence-corrected chi connectivity index (χ3v) is 4.34. The fourth-order valence-electron chi connectivity index (χ4n) is 2.30. The molecule has 1 N–H and O–H groups in total. The molecule has 0 fully saturated rings. The highest BCUT2D eigenvalue weighted by Crippen LogP contribution is 2.22. The van der Waals surface area contributed by atoms with Gasteiger partial charge in [-0.1, -0.05) is 6.07 Å². The number of allylic oxidation sites excluding steroid dienone is 1. The lowest BCUT2D eigenvalue weighted by molar-refractivity contribution is 0.104. The zero-order chi connectivity index (χ0) is 15.7. The second kappa shape index (κ2) is 5.69. The molecule has 0 saturated heterocycles. The maximum atomic E-state index is 12.4. The highest BCUT2D eigenvalue weighted by Gasteiger charge is 2.14. The van der Waals surface area contributed by atoms with E-state index < -0.39 is 0 Å². The van der Waals surface area contributed by atoms with Gasteiger partial charge in [-0.05, 0) is 54.6 Å². The Morgan fingerprint density at radius 2 is 2.09 bits per heavy atom. The number of rotatable bonds is 3. The maximum absolute atomic E-state index is 12.4. The Hall–Kier alpha value is -2.53. The summed E-state index contributed by atoms with van der Waals surface area (Å²) < 4.78 is 0. The van der Waals surface area contributed by atoms with Gasteiger partial charge in [0, 0.05) is 17.3 Å². The van der Waals surface area contributed by atoms with Gasteiger partial charge in [-0.15, -0.1) is 11.3 Å². The number of carbonyl (C=O) groups is 1. The van der Waals surface area contributed by atoms with E-state index in [4.69, 9.17) is 0 Å². The number of thiophene rings is 1. The molecule has 0 spiro atoms. The molecule has 0 saturated carbocycles. The summed E-state index contributed by atoms with van der Waals surface area (Å²) in [5.41, 5.74) is 2.31. The molecule has 3 aromatic heterocycles. The van der Waals surface area contributed by atoms with Crippen molar-refractivity contribution in [2.45, 2.75) is 13.8 Å². The van der Waals surface area contributed by atoms with Gasteiger partial charge in [0.15, 0.2) is 5.78 Å². The number of aromatic nitrogens is 2. The highest BCUT2D eigenvalue weighted by molar-refractivity contribution is 7.16. The topological polar surface area (TPSA) is 62.8 Å². The van der Waals surface area contributed by atoms with Gasteiger partial charge >= 0.3 is 0 Å². The Balaban J connectivity index is 1.98. The molecule has 0 radical (unpaired) electrons. The minimum absolute atomic E-state index is 0.197. The quantitative estimate of drug-likeness (QED) is 0.595. The Labute approximate surface area is 131 Å². The SMILES string of the molecule is Cc1ccc(/C=C/C(=O)c2c(C)c3ccsc3[nH]c2=O)cn1. The third-order valence-electron chi connectivity index (χ3n) is 3.51. The van der Waals surface area contributed by atoms with Crippen LogP contribution in [-0.2, 0) is 0 Å². The van der Waals surface area contributed by atoms with Gasteiger partial charge < -0.3 is 4.98 Å². The number of aromatic amines is 1. The molecule has 0 amide bonds. The van der Waals surface area contributed by atoms with Gasteiger partial charge in [-0.2, -0.15) is 0 Å². The molecule has 3 heterocycles. The van der Waals surface area contributed by atoms with E-state index in [-0.39, 0.29) is 16.9 Å². The monoisotopic (exact) mass is 310 g/mol. The lowest BCUT2D eigenvalue weighted by atomic mass is 10.0. The second-order valence-electron chi connectivity index (χ2n) is 5.05. The Morgan fingerprint density at radius 3 is 2.82 bits per heavy atom. The molecule has 4 nitrogen and oxygen atoms in total. The number of pyridine rings is 2. The van der Waals surface area contributed by atoms with E-state index in [1.54, 1.807) is 19.2 Å². The first-order valence-corrected chi connectivity index (χ1v) is 7.69. The van der Waals surface area contributed by atoms with Crippen molar-refractivity contribution in [3.05, 3.63) is 68.6 Å². The van der Waals surface area contributed by atoms with Gasteiger partial charge in [0.25, 0.3) is 5.56 Å². The number of hydrogen-bond acceptors (Lipinski definition) is 4. The van der Waals surface area contributed by atoms with Crippen molar-refractivity contribution in [1.29, 1.82) is 0 Å². The van der Waals surface area contributed by atoms with Crippen LogP contribution in [0, 0.1) is 13.8 Å². The summed E-state index contributed by atoms with van der Waals surface area (Å²) in [5, 5.41) is 2.81. The molecule has 110 valence electrons. The normalized spacial score (nSPS) is 11.4. The summed E-state index contributed by atoms with van der Waals surface area (Å²) in [7, 11) is 0. The van der Waals surface area contributed by atoms with E-state index >= 15 is 0 Å². The molecule has 0 aliphatic rings. The van der Waals surface area contributed by atoms with Gasteiger partial charge in [-0.25, -0.2) is 0 Å². The average molecular weight is 310 g/mol. The number of hydrogen-bond donors (Lipinski definition) is 1. The van der Waals surface area contributed by atoms with Gasteiger partial charge in [0.1, 0.15) is 4.83 Å². The van der Waals surface area contributed by atoms with E-state index in [0.29, 0.717) is 0 Å². The number of fused-ring (bicyclic) bond motifs is 1. The maximum Gasteiger partial charge on any atom is 0.260 e. The average Bonchev–Trinajstić information content (AvgIpc) is 2.95. The molecule has 0 aliphatic carbocycles. The zero-order valence-electron chi connectivity index (χ0n) is 12.2. The van der Waals surface area contributed by atoms with Crippen LogP contribution in [0.2, 0.25) is 0 Å². The van der Waals surface area contributed by atoms with E-state index in [2.05, 4.69) is 9.97 Å². The molecular formula is C17H14N2O2S. The summed E-state index contributed by atoms with van der Waals surface area (Å²) in [6, 6.07) is 5.67. The first kappa shape index (κ1) is 14.4. The first-order valence-electron chi connectivity index (χ1n) is 6.81. The van der Waals surface area contributed by atoms with Crippen LogP contribution in [0.5, 0.6) is 0 Å². The molecule has 3 aromatic rings. The minimum Gasteiger partial charge on any atom is -0.313 e. The molecule has 0 bridgehead atoms. The number of nitrogens with one attached hydrogen (secondary N) is 1. The van der Waals surface area contributed by atoms with Gasteiger partial charge in [0.2, 0.25) is 0 Å². The highest BCUT2D eigenvalue weighted by atomic mass is 32.1. The summed E-state index contributed by atoms with van der Waals surface area (Å²) in [4.78, 5) is 32.2. The fraction of sp³-hybridized carbons (Fsp3) is 0.118. The number of ketones is 1. The van der Waals surface area contributed by atoms with Crippen LogP contribution in [-0.4, -0.2) is 15.8 Å². The fourth-order valence-corrected chi connectivity index (χ4v) is 3.14. The first-order chi connectivity index (χ1) is 10.6. The van der Waals surface area contributed by atoms with Crippen molar-refractivity contribution in [2.24, 2.45) is 0 Å². The smallest absolute Gasteiger partial charge is 0.260 e. The second-order valence-corrected chi connectivity index (χ2v) is 5.96. The van der Waals surface area contributed by atoms with Gasteiger partial charge in [-0.3, -0.25) is 14.6 Å². The summed E-state index contributed by atoms with van der Waals surface area (Å²) >= 11 is 1.45. The van der Waals surface area contributed by atoms with Crippen LogP contribution in [0.3, 0.4) is 0 Å². The minimum atomic E-state index is -0.343. The predicted octanol–water partition coefficient (Wildman–Crippen LogP) is 3.50. The summed E-state index contributed by atoms with van der Waals surface area (Å²) in [6.45, 7) is 3.70. The molecule has 5 heteroatoms. The lowest BCUT2D eigenvalue weighted by Gasteiger charge is -2.02. The molecule has 3 rings (SSSR count). The molecule has 0 atom stereocenters. The van der Waals surface area contributed by atoms with E-state index in [1.165, 1.54) is 17.4 Å². The van der Waals surface area contributed by atoms with Gasteiger partial charge in [0.05, 0.1) is 5.56 Å². The van der Waals surface area contributed by atoms with Crippen molar-refractivity contribution in [2.75, 3.05) is 0 Å². The Morgan fingerprint density at radius 1 is 1.27 bits per heavy atom. The van der Waals surface area contributed by atoms with Crippen LogP contribution in [0.15, 0.2) is 40.6 Å². The number of aryl methyl sites for hydroxylation is 2. The number of nitrogens with zero attached hydrogens (tertiary/aromatic N) is 1. The van der Waals surface area contributed by atoms with Crippen molar-refractivity contribution in [3.8, 4) is 0 Å². The van der Waals surface area contributed by atoms with E-state index in [1.807, 2.05) is 30.5 Å². The van der Waals surface area contributed by atoms with Crippen LogP contribution < -0.4 is 5.56 Å². The van der Waals surface area contributed by atoms with Crippen molar-refractivity contribution in [3.63, 3.8) is 0 Å². The predicted molar refractivity (Wildman–Crippen MR) is 89.5 cm³/mol. The van der Waals surface area contributed by atoms with E-state index in [0.717, 1.165) is 27.0 Å². The molecule has 0 aliphatic heterocycles. The number of carbonyl (C=O) groups excluding carboxylic acids is 1. The van der Waals surface area contributed by atoms with Crippen molar-refractivity contribution >= 4 is 33.4 Å².